The highest BCUT2D eigenvalue weighted by Gasteiger charge is 2.09. The van der Waals surface area contributed by atoms with Crippen molar-refractivity contribution in [3.8, 4) is 10.6 Å². The maximum Gasteiger partial charge on any atom is 0.305 e. The highest BCUT2D eigenvalue weighted by molar-refractivity contribution is 7.15. The van der Waals surface area contributed by atoms with Crippen molar-refractivity contribution in [3.63, 3.8) is 0 Å². The molecule has 0 bridgehead atoms. The van der Waals surface area contributed by atoms with Crippen LogP contribution in [0.4, 0.5) is 5.13 Å². The summed E-state index contributed by atoms with van der Waals surface area (Å²) in [6.07, 6.45) is 0. The molecule has 2 aromatic rings. The van der Waals surface area contributed by atoms with Crippen molar-refractivity contribution in [2.75, 3.05) is 5.73 Å². The van der Waals surface area contributed by atoms with Gasteiger partial charge in [-0.2, -0.15) is 0 Å². The van der Waals surface area contributed by atoms with Crippen LogP contribution in [0.2, 0.25) is 0 Å². The van der Waals surface area contributed by atoms with E-state index in [1.807, 2.05) is 12.3 Å². The first-order valence-corrected chi connectivity index (χ1v) is 5.27. The van der Waals surface area contributed by atoms with Crippen molar-refractivity contribution in [2.24, 2.45) is 0 Å². The number of rotatable bonds is 1. The molecule has 0 saturated carbocycles. The van der Waals surface area contributed by atoms with Crippen LogP contribution >= 0.6 is 22.7 Å². The summed E-state index contributed by atoms with van der Waals surface area (Å²) in [6.45, 7) is 1.85. The normalized spacial score (nSPS) is 10.5. The van der Waals surface area contributed by atoms with Crippen LogP contribution in [-0.2, 0) is 0 Å². The molecule has 0 aliphatic rings. The van der Waals surface area contributed by atoms with E-state index in [1.54, 1.807) is 0 Å². The number of aromatic amines is 1. The minimum Gasteiger partial charge on any atom is -0.375 e. The van der Waals surface area contributed by atoms with E-state index >= 15 is 0 Å². The predicted molar refractivity (Wildman–Crippen MR) is 55.2 cm³/mol. The first-order valence-electron chi connectivity index (χ1n) is 3.58. The summed E-state index contributed by atoms with van der Waals surface area (Å²) in [7, 11) is 0. The van der Waals surface area contributed by atoms with Crippen LogP contribution in [0.3, 0.4) is 0 Å². The number of hydrogen-bond acceptors (Lipinski definition) is 5. The number of nitrogen functional groups attached to an aromatic ring is 1. The van der Waals surface area contributed by atoms with Gasteiger partial charge in [-0.3, -0.25) is 4.79 Å². The number of thiazole rings is 2. The van der Waals surface area contributed by atoms with E-state index in [1.165, 1.54) is 11.3 Å². The quantitative estimate of drug-likeness (QED) is 0.753. The average molecular weight is 213 g/mol. The number of hydrogen-bond donors (Lipinski definition) is 2. The van der Waals surface area contributed by atoms with Crippen molar-refractivity contribution in [3.05, 3.63) is 20.7 Å². The monoisotopic (exact) mass is 213 g/mol. The number of nitrogens with one attached hydrogen (secondary N) is 1. The van der Waals surface area contributed by atoms with Gasteiger partial charge in [0.1, 0.15) is 0 Å². The number of nitrogens with zero attached hydrogens (tertiary/aromatic N) is 1. The molecule has 0 radical (unpaired) electrons. The average Bonchev–Trinajstić information content (AvgIpc) is 2.58. The Morgan fingerprint density at radius 3 is 2.85 bits per heavy atom. The second kappa shape index (κ2) is 2.97. The second-order valence-corrected chi connectivity index (χ2v) is 4.41. The van der Waals surface area contributed by atoms with Crippen molar-refractivity contribution >= 4 is 27.8 Å². The Bertz CT molecular complexity index is 482. The van der Waals surface area contributed by atoms with Gasteiger partial charge >= 0.3 is 4.87 Å². The molecule has 2 aromatic heterocycles. The van der Waals surface area contributed by atoms with Gasteiger partial charge in [0.2, 0.25) is 0 Å². The van der Waals surface area contributed by atoms with E-state index < -0.39 is 0 Å². The molecular formula is C7H7N3OS2. The van der Waals surface area contributed by atoms with Gasteiger partial charge in [0.15, 0.2) is 5.13 Å². The number of aromatic nitrogens is 2. The third-order valence-electron chi connectivity index (χ3n) is 1.58. The SMILES string of the molecule is Cc1[nH]c(=O)sc1-c1csc(N)n1. The predicted octanol–water partition coefficient (Wildman–Crippen LogP) is 1.45. The van der Waals surface area contributed by atoms with E-state index in [9.17, 15) is 4.79 Å². The van der Waals surface area contributed by atoms with E-state index in [2.05, 4.69) is 9.97 Å². The number of H-pyrrole nitrogens is 1. The molecule has 0 aromatic carbocycles. The van der Waals surface area contributed by atoms with Gasteiger partial charge in [-0.1, -0.05) is 11.3 Å². The van der Waals surface area contributed by atoms with E-state index in [4.69, 9.17) is 5.73 Å². The Morgan fingerprint density at radius 1 is 1.62 bits per heavy atom. The van der Waals surface area contributed by atoms with Gasteiger partial charge in [0.25, 0.3) is 0 Å². The Balaban J connectivity index is 2.58. The lowest BCUT2D eigenvalue weighted by Crippen LogP contribution is -1.91. The zero-order valence-corrected chi connectivity index (χ0v) is 8.46. The maximum atomic E-state index is 11.0. The van der Waals surface area contributed by atoms with Crippen molar-refractivity contribution < 1.29 is 0 Å². The summed E-state index contributed by atoms with van der Waals surface area (Å²) >= 11 is 2.53. The number of aryl methyl sites for hydroxylation is 1. The summed E-state index contributed by atoms with van der Waals surface area (Å²) in [5, 5.41) is 2.37. The molecule has 3 N–H and O–H groups in total. The Kier molecular flexibility index (Phi) is 1.93. The summed E-state index contributed by atoms with van der Waals surface area (Å²) in [4.78, 5) is 18.6. The van der Waals surface area contributed by atoms with E-state index in [0.717, 1.165) is 27.6 Å². The van der Waals surface area contributed by atoms with Gasteiger partial charge in [-0.15, -0.1) is 11.3 Å². The van der Waals surface area contributed by atoms with Crippen LogP contribution in [-0.4, -0.2) is 9.97 Å². The lowest BCUT2D eigenvalue weighted by atomic mass is 10.3. The van der Waals surface area contributed by atoms with Crippen molar-refractivity contribution in [2.45, 2.75) is 6.92 Å². The molecule has 0 amide bonds. The molecule has 2 rings (SSSR count). The number of nitrogens with two attached hydrogens (primary N) is 1. The van der Waals surface area contributed by atoms with Crippen LogP contribution in [0.25, 0.3) is 10.6 Å². The van der Waals surface area contributed by atoms with Gasteiger partial charge in [-0.25, -0.2) is 4.98 Å². The number of anilines is 1. The molecule has 0 fully saturated rings. The second-order valence-electron chi connectivity index (χ2n) is 2.54. The van der Waals surface area contributed by atoms with Crippen LogP contribution in [0, 0.1) is 6.92 Å². The summed E-state index contributed by atoms with van der Waals surface area (Å²) in [5.41, 5.74) is 7.12. The molecule has 2 heterocycles. The van der Waals surface area contributed by atoms with Crippen LogP contribution in [0.1, 0.15) is 5.69 Å². The van der Waals surface area contributed by atoms with Gasteiger partial charge < -0.3 is 10.7 Å². The fraction of sp³-hybridized carbons (Fsp3) is 0.143. The summed E-state index contributed by atoms with van der Waals surface area (Å²) in [6, 6.07) is 0. The third-order valence-corrected chi connectivity index (χ3v) is 3.26. The van der Waals surface area contributed by atoms with Gasteiger partial charge in [0.05, 0.1) is 10.6 Å². The molecule has 13 heavy (non-hydrogen) atoms. The maximum absolute atomic E-state index is 11.0. The van der Waals surface area contributed by atoms with Crippen LogP contribution in [0.15, 0.2) is 10.2 Å². The topological polar surface area (TPSA) is 71.8 Å². The first-order chi connectivity index (χ1) is 6.16. The molecule has 0 unspecified atom stereocenters. The van der Waals surface area contributed by atoms with Crippen molar-refractivity contribution in [1.29, 1.82) is 0 Å². The summed E-state index contributed by atoms with van der Waals surface area (Å²) in [5.74, 6) is 0. The minimum absolute atomic E-state index is 0.0564. The highest BCUT2D eigenvalue weighted by atomic mass is 32.1. The fourth-order valence-corrected chi connectivity index (χ4v) is 2.47. The Labute approximate surface area is 82.1 Å². The highest BCUT2D eigenvalue weighted by Crippen LogP contribution is 2.26. The first kappa shape index (κ1) is 8.46. The third kappa shape index (κ3) is 1.50. The molecule has 4 nitrogen and oxygen atoms in total. The van der Waals surface area contributed by atoms with Gasteiger partial charge in [0, 0.05) is 11.1 Å². The van der Waals surface area contributed by atoms with Crippen LogP contribution < -0.4 is 10.6 Å². The minimum atomic E-state index is -0.0564. The van der Waals surface area contributed by atoms with Gasteiger partial charge in [-0.05, 0) is 6.92 Å². The molecule has 68 valence electrons. The molecular weight excluding hydrogens is 206 g/mol. The Hall–Kier alpha value is -1.14. The molecule has 0 spiro atoms. The van der Waals surface area contributed by atoms with E-state index in [-0.39, 0.29) is 4.87 Å². The molecule has 0 saturated heterocycles. The zero-order valence-electron chi connectivity index (χ0n) is 6.83. The smallest absolute Gasteiger partial charge is 0.305 e. The lowest BCUT2D eigenvalue weighted by molar-refractivity contribution is 1.22. The Morgan fingerprint density at radius 2 is 2.38 bits per heavy atom. The molecule has 0 aliphatic carbocycles. The van der Waals surface area contributed by atoms with Crippen molar-refractivity contribution in [1.82, 2.24) is 9.97 Å². The lowest BCUT2D eigenvalue weighted by Gasteiger charge is -1.89. The van der Waals surface area contributed by atoms with E-state index in [0.29, 0.717) is 5.13 Å². The zero-order chi connectivity index (χ0) is 9.42. The standard InChI is InChI=1S/C7H7N3OS2/c1-3-5(13-7(11)9-3)4-2-12-6(8)10-4/h2H,1H3,(H2,8,10)(H,9,11). The fourth-order valence-electron chi connectivity index (χ4n) is 1.04. The summed E-state index contributed by atoms with van der Waals surface area (Å²) < 4.78 is 0. The van der Waals surface area contributed by atoms with Crippen LogP contribution in [0.5, 0.6) is 0 Å². The molecule has 6 heteroatoms. The molecule has 0 aliphatic heterocycles. The molecule has 0 atom stereocenters. The largest absolute Gasteiger partial charge is 0.375 e.